The molecule has 2 aliphatic heterocycles. The zero-order valence-corrected chi connectivity index (χ0v) is 22.8. The number of pyridine rings is 2. The minimum Gasteiger partial charge on any atom is -0.381 e. The molecule has 0 saturated carbocycles. The number of hydrogen-bond donors (Lipinski definition) is 2. The molecule has 8 heteroatoms. The summed E-state index contributed by atoms with van der Waals surface area (Å²) in [5.41, 5.74) is 10.9. The predicted octanol–water partition coefficient (Wildman–Crippen LogP) is 4.68. The van der Waals surface area contributed by atoms with Gasteiger partial charge < -0.3 is 24.8 Å². The molecule has 0 bridgehead atoms. The molecule has 39 heavy (non-hydrogen) atoms. The maximum Gasteiger partial charge on any atom is 0.254 e. The van der Waals surface area contributed by atoms with E-state index in [0.717, 1.165) is 78.6 Å². The minimum atomic E-state index is -0.0498. The number of ether oxygens (including phenoxy) is 1. The van der Waals surface area contributed by atoms with Gasteiger partial charge in [-0.15, -0.1) is 0 Å². The summed E-state index contributed by atoms with van der Waals surface area (Å²) in [5.74, 6) is 1.08. The first-order chi connectivity index (χ1) is 19.0. The first kappa shape index (κ1) is 24.3. The fourth-order valence-corrected chi connectivity index (χ4v) is 6.72. The van der Waals surface area contributed by atoms with Gasteiger partial charge in [-0.25, -0.2) is 9.97 Å². The number of aromatic nitrogens is 3. The Balaban J connectivity index is 1.30. The van der Waals surface area contributed by atoms with Gasteiger partial charge >= 0.3 is 0 Å². The predicted molar refractivity (Wildman–Crippen MR) is 152 cm³/mol. The summed E-state index contributed by atoms with van der Waals surface area (Å²) in [6, 6.07) is 10.5. The lowest BCUT2D eigenvalue weighted by molar-refractivity contribution is 0.0966. The second kappa shape index (κ2) is 9.47. The van der Waals surface area contributed by atoms with Gasteiger partial charge in [-0.1, -0.05) is 12.1 Å². The van der Waals surface area contributed by atoms with Gasteiger partial charge in [0, 0.05) is 49.9 Å². The minimum absolute atomic E-state index is 0.0498. The zero-order chi connectivity index (χ0) is 26.7. The molecule has 1 fully saturated rings. The first-order valence-electron chi connectivity index (χ1n) is 13.9. The van der Waals surface area contributed by atoms with E-state index in [9.17, 15) is 4.79 Å². The third-order valence-electron chi connectivity index (χ3n) is 8.51. The molecule has 200 valence electrons. The van der Waals surface area contributed by atoms with Crippen LogP contribution in [0.4, 0.5) is 11.5 Å². The van der Waals surface area contributed by atoms with Gasteiger partial charge in [-0.2, -0.15) is 0 Å². The van der Waals surface area contributed by atoms with Crippen LogP contribution in [0.25, 0.3) is 22.2 Å². The van der Waals surface area contributed by atoms with Gasteiger partial charge in [0.05, 0.1) is 23.6 Å². The second-order valence-corrected chi connectivity index (χ2v) is 11.2. The largest absolute Gasteiger partial charge is 0.381 e. The third-order valence-corrected chi connectivity index (χ3v) is 8.51. The molecule has 1 aliphatic carbocycles. The molecular formula is C31H34N6O2. The van der Waals surface area contributed by atoms with E-state index in [1.54, 1.807) is 0 Å². The zero-order valence-electron chi connectivity index (χ0n) is 22.8. The van der Waals surface area contributed by atoms with Crippen LogP contribution in [0.5, 0.6) is 0 Å². The lowest BCUT2D eigenvalue weighted by atomic mass is 9.93. The van der Waals surface area contributed by atoms with E-state index in [1.165, 1.54) is 28.6 Å². The number of fused-ring (bicyclic) bond motifs is 4. The van der Waals surface area contributed by atoms with Crippen molar-refractivity contribution in [3.8, 4) is 11.1 Å². The number of benzene rings is 1. The number of carbonyl (C=O) groups excluding carboxylic acids is 1. The molecular weight excluding hydrogens is 488 g/mol. The molecule has 0 radical (unpaired) electrons. The van der Waals surface area contributed by atoms with Gasteiger partial charge in [-0.05, 0) is 85.8 Å². The highest BCUT2D eigenvalue weighted by atomic mass is 16.5. The van der Waals surface area contributed by atoms with Crippen molar-refractivity contribution >= 4 is 28.4 Å². The Morgan fingerprint density at radius 3 is 2.85 bits per heavy atom. The summed E-state index contributed by atoms with van der Waals surface area (Å²) in [6.07, 6.45) is 6.27. The number of amides is 1. The van der Waals surface area contributed by atoms with Crippen molar-refractivity contribution in [3.05, 3.63) is 70.2 Å². The maximum atomic E-state index is 13.1. The smallest absolute Gasteiger partial charge is 0.254 e. The van der Waals surface area contributed by atoms with E-state index in [4.69, 9.17) is 14.7 Å². The quantitative estimate of drug-likeness (QED) is 0.383. The fourth-order valence-electron chi connectivity index (χ4n) is 6.72. The first-order valence-corrected chi connectivity index (χ1v) is 13.9. The highest BCUT2D eigenvalue weighted by Gasteiger charge is 2.29. The van der Waals surface area contributed by atoms with Crippen LogP contribution in [-0.2, 0) is 37.7 Å². The van der Waals surface area contributed by atoms with Crippen LogP contribution in [0.1, 0.15) is 57.2 Å². The Labute approximate surface area is 228 Å². The number of hydrogen-bond acceptors (Lipinski definition) is 6. The van der Waals surface area contributed by atoms with E-state index < -0.39 is 0 Å². The number of aryl methyl sites for hydroxylation is 2. The van der Waals surface area contributed by atoms with Crippen LogP contribution in [0.3, 0.4) is 0 Å². The van der Waals surface area contributed by atoms with E-state index in [1.807, 2.05) is 18.3 Å². The molecule has 1 atom stereocenters. The standard InChI is InChI=1S/C31H34N6O2/c1-36(2)16-25-19(18-12-14-39-17-18)8-10-27(35-25)34-24-9-7-20(23-15-33-31(38)29(23)24)21-11-13-32-30-28(21)22-5-4-6-26(22)37(30)3/h7-11,13,18H,4-6,12,14-17H2,1-3H3,(H,33,38)(H,34,35)/t18-/m0/s1. The van der Waals surface area contributed by atoms with Crippen molar-refractivity contribution in [2.24, 2.45) is 7.05 Å². The summed E-state index contributed by atoms with van der Waals surface area (Å²) < 4.78 is 7.90. The molecule has 0 spiro atoms. The normalized spacial score (nSPS) is 18.2. The fraction of sp³-hybridized carbons (Fsp3) is 0.387. The number of nitrogens with one attached hydrogen (secondary N) is 2. The summed E-state index contributed by atoms with van der Waals surface area (Å²) in [5, 5.41) is 7.79. The van der Waals surface area contributed by atoms with E-state index in [0.29, 0.717) is 18.0 Å². The van der Waals surface area contributed by atoms with Gasteiger partial charge in [0.15, 0.2) is 0 Å². The Bertz CT molecular complexity index is 1620. The molecule has 5 heterocycles. The van der Waals surface area contributed by atoms with E-state index in [-0.39, 0.29) is 5.91 Å². The topological polar surface area (TPSA) is 84.3 Å². The number of nitrogens with zero attached hydrogens (tertiary/aromatic N) is 4. The van der Waals surface area contributed by atoms with Crippen molar-refractivity contribution in [2.75, 3.05) is 32.6 Å². The van der Waals surface area contributed by atoms with Crippen molar-refractivity contribution < 1.29 is 9.53 Å². The Hall–Kier alpha value is -3.75. The van der Waals surface area contributed by atoms with Gasteiger partial charge in [0.25, 0.3) is 5.91 Å². The molecule has 3 aliphatic rings. The molecule has 2 N–H and O–H groups in total. The number of carbonyl (C=O) groups is 1. The monoisotopic (exact) mass is 522 g/mol. The molecule has 1 saturated heterocycles. The summed E-state index contributed by atoms with van der Waals surface area (Å²) in [7, 11) is 6.24. The number of anilines is 2. The summed E-state index contributed by atoms with van der Waals surface area (Å²) in [4.78, 5) is 25.0. The van der Waals surface area contributed by atoms with Crippen LogP contribution < -0.4 is 10.6 Å². The highest BCUT2D eigenvalue weighted by molar-refractivity contribution is 6.08. The van der Waals surface area contributed by atoms with Crippen LogP contribution in [0.2, 0.25) is 0 Å². The Morgan fingerprint density at radius 1 is 1.13 bits per heavy atom. The molecule has 4 aromatic rings. The molecule has 3 aromatic heterocycles. The van der Waals surface area contributed by atoms with Gasteiger partial charge in [0.1, 0.15) is 11.5 Å². The van der Waals surface area contributed by atoms with Crippen molar-refractivity contribution in [2.45, 2.75) is 44.7 Å². The van der Waals surface area contributed by atoms with E-state index in [2.05, 4.69) is 59.4 Å². The third kappa shape index (κ3) is 4.01. The summed E-state index contributed by atoms with van der Waals surface area (Å²) >= 11 is 0. The van der Waals surface area contributed by atoms with Crippen LogP contribution in [0, 0.1) is 0 Å². The van der Waals surface area contributed by atoms with Crippen LogP contribution in [-0.4, -0.2) is 52.7 Å². The Morgan fingerprint density at radius 2 is 2.03 bits per heavy atom. The van der Waals surface area contributed by atoms with Crippen LogP contribution >= 0.6 is 0 Å². The van der Waals surface area contributed by atoms with E-state index >= 15 is 0 Å². The van der Waals surface area contributed by atoms with Crippen molar-refractivity contribution in [3.63, 3.8) is 0 Å². The summed E-state index contributed by atoms with van der Waals surface area (Å²) in [6.45, 7) is 2.81. The molecule has 7 rings (SSSR count). The van der Waals surface area contributed by atoms with Crippen molar-refractivity contribution in [1.82, 2.24) is 24.8 Å². The lowest BCUT2D eigenvalue weighted by Gasteiger charge is -2.19. The SMILES string of the molecule is CN(C)Cc1nc(Nc2ccc(-c3ccnc4c3c3c(n4C)CCC3)c3c2C(=O)NC3)ccc1[C@H]1CCOC1. The number of rotatable bonds is 6. The van der Waals surface area contributed by atoms with Crippen LogP contribution in [0.15, 0.2) is 36.5 Å². The maximum absolute atomic E-state index is 13.1. The average Bonchev–Trinajstić information content (AvgIpc) is 3.72. The molecule has 1 amide bonds. The Kier molecular flexibility index (Phi) is 5.90. The average molecular weight is 523 g/mol. The van der Waals surface area contributed by atoms with Crippen molar-refractivity contribution in [1.29, 1.82) is 0 Å². The molecule has 0 unspecified atom stereocenters. The second-order valence-electron chi connectivity index (χ2n) is 11.2. The highest BCUT2D eigenvalue weighted by Crippen LogP contribution is 2.41. The lowest BCUT2D eigenvalue weighted by Crippen LogP contribution is -2.16. The molecule has 1 aromatic carbocycles. The van der Waals surface area contributed by atoms with Gasteiger partial charge in [0.2, 0.25) is 0 Å². The van der Waals surface area contributed by atoms with Gasteiger partial charge in [-0.3, -0.25) is 4.79 Å². The molecule has 8 nitrogen and oxygen atoms in total.